The van der Waals surface area contributed by atoms with Gasteiger partial charge >= 0.3 is 0 Å². The summed E-state index contributed by atoms with van der Waals surface area (Å²) in [5.74, 6) is -0.500. The second kappa shape index (κ2) is 4.41. The molecule has 4 nitrogen and oxygen atoms in total. The molecular weight excluding hydrogens is 288 g/mol. The van der Waals surface area contributed by atoms with Crippen LogP contribution in [0.4, 0.5) is 0 Å². The highest BCUT2D eigenvalue weighted by Gasteiger charge is 2.49. The number of rotatable bonds is 2. The molecule has 2 heterocycles. The van der Waals surface area contributed by atoms with E-state index in [-0.39, 0.29) is 17.9 Å². The number of hydrazine groups is 1. The van der Waals surface area contributed by atoms with E-state index in [0.717, 1.165) is 5.56 Å². The van der Waals surface area contributed by atoms with E-state index in [4.69, 9.17) is 11.6 Å². The molecule has 0 saturated carbocycles. The predicted octanol–water partition coefficient (Wildman–Crippen LogP) is 2.91. The highest BCUT2D eigenvalue weighted by Crippen LogP contribution is 2.40. The average Bonchev–Trinajstić information content (AvgIpc) is 3.23. The van der Waals surface area contributed by atoms with Crippen LogP contribution in [0.25, 0.3) is 0 Å². The fourth-order valence-corrected chi connectivity index (χ4v) is 2.95. The molecule has 4 rings (SSSR count). The van der Waals surface area contributed by atoms with Crippen molar-refractivity contribution in [2.24, 2.45) is 0 Å². The summed E-state index contributed by atoms with van der Waals surface area (Å²) in [6, 6.07) is 14.4. The van der Waals surface area contributed by atoms with E-state index in [9.17, 15) is 9.59 Å². The van der Waals surface area contributed by atoms with E-state index >= 15 is 0 Å². The van der Waals surface area contributed by atoms with Gasteiger partial charge in [-0.05, 0) is 29.8 Å². The van der Waals surface area contributed by atoms with Crippen molar-refractivity contribution in [3.05, 3.63) is 70.2 Å². The number of benzene rings is 2. The van der Waals surface area contributed by atoms with Crippen molar-refractivity contribution in [2.45, 2.75) is 6.04 Å². The standard InChI is InChI=1S/C16H11ClN2O2/c17-11-5-3-4-10(8-11)14-9-18(14)19-15(20)12-6-1-2-7-13(12)16(19)21/h1-8,14H,9H2. The molecule has 2 atom stereocenters. The van der Waals surface area contributed by atoms with Crippen molar-refractivity contribution >= 4 is 23.4 Å². The third-order valence-electron chi connectivity index (χ3n) is 3.85. The van der Waals surface area contributed by atoms with Crippen LogP contribution in [-0.4, -0.2) is 28.4 Å². The van der Waals surface area contributed by atoms with Crippen LogP contribution in [0.2, 0.25) is 5.02 Å². The Morgan fingerprint density at radius 3 is 2.24 bits per heavy atom. The van der Waals surface area contributed by atoms with Crippen LogP contribution in [-0.2, 0) is 0 Å². The predicted molar refractivity (Wildman–Crippen MR) is 77.8 cm³/mol. The molecule has 0 spiro atoms. The highest BCUT2D eigenvalue weighted by atomic mass is 35.5. The molecular formula is C16H11ClN2O2. The lowest BCUT2D eigenvalue weighted by Crippen LogP contribution is -2.35. The summed E-state index contributed by atoms with van der Waals surface area (Å²) in [6.45, 7) is 0.645. The fraction of sp³-hybridized carbons (Fsp3) is 0.125. The summed E-state index contributed by atoms with van der Waals surface area (Å²) in [7, 11) is 0. The Hall–Kier alpha value is -2.17. The van der Waals surface area contributed by atoms with Crippen LogP contribution >= 0.6 is 11.6 Å². The second-order valence-electron chi connectivity index (χ2n) is 5.16. The van der Waals surface area contributed by atoms with E-state index in [1.54, 1.807) is 35.3 Å². The van der Waals surface area contributed by atoms with Gasteiger partial charge in [0.05, 0.1) is 17.2 Å². The molecule has 0 bridgehead atoms. The fourth-order valence-electron chi connectivity index (χ4n) is 2.75. The first-order valence-electron chi connectivity index (χ1n) is 6.66. The summed E-state index contributed by atoms with van der Waals surface area (Å²) in [5, 5.41) is 3.67. The van der Waals surface area contributed by atoms with Crippen molar-refractivity contribution in [3.8, 4) is 0 Å². The van der Waals surface area contributed by atoms with Crippen molar-refractivity contribution in [3.63, 3.8) is 0 Å². The zero-order valence-electron chi connectivity index (χ0n) is 11.0. The lowest BCUT2D eigenvalue weighted by molar-refractivity contribution is 0.0370. The minimum Gasteiger partial charge on any atom is -0.267 e. The molecule has 104 valence electrons. The van der Waals surface area contributed by atoms with E-state index in [0.29, 0.717) is 22.7 Å². The zero-order chi connectivity index (χ0) is 14.6. The van der Waals surface area contributed by atoms with Crippen LogP contribution in [0, 0.1) is 0 Å². The van der Waals surface area contributed by atoms with Crippen molar-refractivity contribution in [1.29, 1.82) is 0 Å². The lowest BCUT2D eigenvalue weighted by atomic mass is 10.1. The van der Waals surface area contributed by atoms with E-state index < -0.39 is 0 Å². The molecule has 2 aliphatic rings. The molecule has 0 aromatic heterocycles. The molecule has 2 aliphatic heterocycles. The molecule has 0 radical (unpaired) electrons. The van der Waals surface area contributed by atoms with Gasteiger partial charge in [0.15, 0.2) is 0 Å². The summed E-state index contributed by atoms with van der Waals surface area (Å²) in [6.07, 6.45) is 0. The molecule has 0 N–H and O–H groups in total. The third kappa shape index (κ3) is 1.87. The number of hydrogen-bond donors (Lipinski definition) is 0. The van der Waals surface area contributed by atoms with Crippen LogP contribution in [0.5, 0.6) is 0 Å². The highest BCUT2D eigenvalue weighted by molar-refractivity contribution is 6.30. The van der Waals surface area contributed by atoms with Crippen molar-refractivity contribution < 1.29 is 9.59 Å². The number of fused-ring (bicyclic) bond motifs is 1. The summed E-state index contributed by atoms with van der Waals surface area (Å²) >= 11 is 5.99. The van der Waals surface area contributed by atoms with Gasteiger partial charge in [-0.2, -0.15) is 5.01 Å². The molecule has 21 heavy (non-hydrogen) atoms. The van der Waals surface area contributed by atoms with Gasteiger partial charge in [0.25, 0.3) is 11.8 Å². The molecule has 2 unspecified atom stereocenters. The van der Waals surface area contributed by atoms with E-state index in [1.807, 2.05) is 18.2 Å². The van der Waals surface area contributed by atoms with Gasteiger partial charge in [-0.15, -0.1) is 0 Å². The molecule has 2 aromatic rings. The Balaban J connectivity index is 1.63. The van der Waals surface area contributed by atoms with Gasteiger partial charge in [-0.25, -0.2) is 5.01 Å². The van der Waals surface area contributed by atoms with Crippen LogP contribution in [0.1, 0.15) is 32.3 Å². The number of imide groups is 1. The first-order valence-corrected chi connectivity index (χ1v) is 7.04. The van der Waals surface area contributed by atoms with E-state index in [2.05, 4.69) is 0 Å². The minimum absolute atomic E-state index is 0.0333. The summed E-state index contributed by atoms with van der Waals surface area (Å²) in [4.78, 5) is 24.7. The molecule has 5 heteroatoms. The minimum atomic E-state index is -0.250. The normalized spacial score (nSPS) is 23.4. The van der Waals surface area contributed by atoms with Gasteiger partial charge in [0, 0.05) is 11.6 Å². The number of carbonyl (C=O) groups is 2. The topological polar surface area (TPSA) is 40.4 Å². The largest absolute Gasteiger partial charge is 0.276 e. The lowest BCUT2D eigenvalue weighted by Gasteiger charge is -2.15. The average molecular weight is 299 g/mol. The SMILES string of the molecule is O=C1c2ccccc2C(=O)N1N1CC1c1cccc(Cl)c1. The molecule has 0 aliphatic carbocycles. The number of nitrogens with zero attached hydrogens (tertiary/aromatic N) is 2. The van der Waals surface area contributed by atoms with Gasteiger partial charge in [0.2, 0.25) is 0 Å². The second-order valence-corrected chi connectivity index (χ2v) is 5.60. The first-order chi connectivity index (χ1) is 10.2. The van der Waals surface area contributed by atoms with Gasteiger partial charge in [-0.1, -0.05) is 35.9 Å². The van der Waals surface area contributed by atoms with Gasteiger partial charge < -0.3 is 0 Å². The Morgan fingerprint density at radius 1 is 0.952 bits per heavy atom. The Bertz CT molecular complexity index is 739. The third-order valence-corrected chi connectivity index (χ3v) is 4.08. The smallest absolute Gasteiger partial charge is 0.267 e. The van der Waals surface area contributed by atoms with Gasteiger partial charge in [-0.3, -0.25) is 9.59 Å². The summed E-state index contributed by atoms with van der Waals surface area (Å²) in [5.41, 5.74) is 1.96. The first kappa shape index (κ1) is 12.6. The van der Waals surface area contributed by atoms with Crippen LogP contribution in [0.15, 0.2) is 48.5 Å². The molecule has 1 fully saturated rings. The number of amides is 2. The monoisotopic (exact) mass is 298 g/mol. The van der Waals surface area contributed by atoms with Crippen LogP contribution < -0.4 is 0 Å². The summed E-state index contributed by atoms with van der Waals surface area (Å²) < 4.78 is 0. The zero-order valence-corrected chi connectivity index (χ0v) is 11.7. The maximum atomic E-state index is 12.4. The molecule has 2 aromatic carbocycles. The Kier molecular flexibility index (Phi) is 2.64. The number of halogens is 1. The molecule has 1 saturated heterocycles. The quantitative estimate of drug-likeness (QED) is 0.632. The van der Waals surface area contributed by atoms with E-state index in [1.165, 1.54) is 5.01 Å². The number of hydrogen-bond acceptors (Lipinski definition) is 3. The maximum absolute atomic E-state index is 12.4. The Labute approximate surface area is 126 Å². The van der Waals surface area contributed by atoms with Gasteiger partial charge in [0.1, 0.15) is 0 Å². The van der Waals surface area contributed by atoms with Crippen molar-refractivity contribution in [1.82, 2.24) is 10.0 Å². The number of carbonyl (C=O) groups excluding carboxylic acids is 2. The maximum Gasteiger partial charge on any atom is 0.276 e. The molecule has 2 amide bonds. The van der Waals surface area contributed by atoms with Crippen molar-refractivity contribution in [2.75, 3.05) is 6.54 Å². The van der Waals surface area contributed by atoms with Crippen LogP contribution in [0.3, 0.4) is 0 Å². The Morgan fingerprint density at radius 2 is 1.62 bits per heavy atom.